The molecule has 55 heavy (non-hydrogen) atoms. The molecule has 0 aromatic carbocycles. The number of nitrogens with zero attached hydrogens (tertiary/aromatic N) is 5. The lowest BCUT2D eigenvalue weighted by Gasteiger charge is -2.32. The lowest BCUT2D eigenvalue weighted by molar-refractivity contribution is -0.552. The van der Waals surface area contributed by atoms with Gasteiger partial charge in [0.05, 0.1) is 39.1 Å². The first-order valence-electron chi connectivity index (χ1n) is 19.5. The van der Waals surface area contributed by atoms with Gasteiger partial charge >= 0.3 is 21.4 Å². The summed E-state index contributed by atoms with van der Waals surface area (Å²) >= 11 is 2.34. The van der Waals surface area contributed by atoms with Crippen LogP contribution in [0.15, 0.2) is 41.5 Å². The quantitative estimate of drug-likeness (QED) is 0.140. The fraction of sp³-hybridized carbons (Fsp3) is 0.744. The van der Waals surface area contributed by atoms with Crippen LogP contribution in [0.1, 0.15) is 142 Å². The number of H-pyrrole nitrogens is 1. The van der Waals surface area contributed by atoms with E-state index < -0.39 is 0 Å². The van der Waals surface area contributed by atoms with Crippen LogP contribution in [0.2, 0.25) is 0 Å². The minimum absolute atomic E-state index is 0.290. The van der Waals surface area contributed by atoms with Crippen molar-refractivity contribution >= 4 is 54.9 Å². The van der Waals surface area contributed by atoms with E-state index in [2.05, 4.69) is 126 Å². The Bertz CT molecular complexity index is 1660. The van der Waals surface area contributed by atoms with Crippen molar-refractivity contribution in [1.82, 2.24) is 20.0 Å². The van der Waals surface area contributed by atoms with E-state index in [1.165, 1.54) is 0 Å². The number of aryl methyl sites for hydroxylation is 1. The minimum Gasteiger partial charge on any atom is -0.399 e. The van der Waals surface area contributed by atoms with E-state index in [9.17, 15) is 0 Å². The predicted molar refractivity (Wildman–Crippen MR) is 232 cm³/mol. The van der Waals surface area contributed by atoms with Crippen molar-refractivity contribution in [2.24, 2.45) is 5.11 Å². The van der Waals surface area contributed by atoms with Crippen molar-refractivity contribution in [3.05, 3.63) is 47.7 Å². The van der Waals surface area contributed by atoms with Gasteiger partial charge in [-0.25, -0.2) is 0 Å². The number of rotatable bonds is 5. The van der Waals surface area contributed by atoms with Gasteiger partial charge < -0.3 is 27.9 Å². The summed E-state index contributed by atoms with van der Waals surface area (Å²) in [6.07, 6.45) is 5.59. The zero-order valence-electron chi connectivity index (χ0n) is 37.5. The Labute approximate surface area is 346 Å². The number of aromatic amines is 1. The van der Waals surface area contributed by atoms with Crippen LogP contribution in [0.3, 0.4) is 0 Å². The molecule has 0 unspecified atom stereocenters. The van der Waals surface area contributed by atoms with Crippen LogP contribution >= 0.6 is 22.6 Å². The number of halogens is 1. The summed E-state index contributed by atoms with van der Waals surface area (Å²) in [6.45, 7) is 45.3. The average Bonchev–Trinajstić information content (AvgIpc) is 3.82. The van der Waals surface area contributed by atoms with Crippen molar-refractivity contribution in [1.29, 1.82) is 0 Å². The monoisotopic (exact) mass is 877 g/mol. The topological polar surface area (TPSA) is 117 Å². The molecule has 0 radical (unpaired) electrons. The predicted octanol–water partition coefficient (Wildman–Crippen LogP) is 7.82. The summed E-state index contributed by atoms with van der Waals surface area (Å²) in [5.74, 6) is 0. The lowest BCUT2D eigenvalue weighted by Crippen LogP contribution is -2.41. The van der Waals surface area contributed by atoms with Gasteiger partial charge in [-0.05, 0) is 130 Å². The molecule has 0 spiro atoms. The Morgan fingerprint density at radius 1 is 0.673 bits per heavy atom. The zero-order valence-corrected chi connectivity index (χ0v) is 39.6. The Hall–Kier alpha value is -1.82. The third kappa shape index (κ3) is 10.8. The van der Waals surface area contributed by atoms with Gasteiger partial charge in [0.25, 0.3) is 0 Å². The molecule has 3 fully saturated rings. The molecule has 6 rings (SSSR count). The molecule has 4 aliphatic heterocycles. The van der Waals surface area contributed by atoms with Gasteiger partial charge in [-0.1, -0.05) is 47.7 Å². The van der Waals surface area contributed by atoms with Gasteiger partial charge in [-0.15, -0.1) is 0 Å². The van der Waals surface area contributed by atoms with Gasteiger partial charge in [0, 0.05) is 44.7 Å². The third-order valence-electron chi connectivity index (χ3n) is 11.3. The maximum atomic E-state index is 6.05. The van der Waals surface area contributed by atoms with Crippen molar-refractivity contribution in [3.63, 3.8) is 0 Å². The average molecular weight is 877 g/mol. The normalized spacial score (nSPS) is 22.6. The Kier molecular flexibility index (Phi) is 14.9. The Morgan fingerprint density at radius 2 is 1.05 bits per heavy atom. The van der Waals surface area contributed by atoms with Crippen LogP contribution < -0.4 is 10.9 Å². The first-order chi connectivity index (χ1) is 24.9. The van der Waals surface area contributed by atoms with E-state index in [1.54, 1.807) is 6.20 Å². The highest BCUT2D eigenvalue weighted by molar-refractivity contribution is 14.1. The highest BCUT2D eigenvalue weighted by Crippen LogP contribution is 2.41. The molecule has 2 aromatic rings. The maximum absolute atomic E-state index is 6.05. The largest absolute Gasteiger partial charge is 0.503 e. The number of azo groups is 2. The molecule has 6 heterocycles. The summed E-state index contributed by atoms with van der Waals surface area (Å²) < 4.78 is 40.6. The number of alkyl halides is 1. The number of nitrogens with one attached hydrogen (secondary N) is 1. The summed E-state index contributed by atoms with van der Waals surface area (Å²) in [5, 5.41) is 15.7. The van der Waals surface area contributed by atoms with Gasteiger partial charge in [0.1, 0.15) is 5.70 Å². The second-order valence-electron chi connectivity index (χ2n) is 18.6. The van der Waals surface area contributed by atoms with E-state index in [4.69, 9.17) is 27.9 Å². The highest BCUT2D eigenvalue weighted by Gasteiger charge is 2.55. The molecule has 0 atom stereocenters. The molecule has 1 N–H and O–H groups in total. The van der Waals surface area contributed by atoms with E-state index >= 15 is 0 Å². The lowest BCUT2D eigenvalue weighted by atomic mass is 9.77. The standard InChI is InChI=1S/C13H22BN2O2.C13H23BN2O2.C10H17BN2O2.C3H7I/c1-9(2)16-8-11(10(3)15-16)14-17-12(4,5)13(6,7)18-14;1-9(2)16-10(3)11(8-15-16)14-17-12(4,5)13(6,7)18-14;1-7-8(6-12-13-7)11-14-9(2,3)10(4,5)15-11;1-3(2)4/h8-9H,3H2,1-2,4-7H3;8-9H,1-7H3;6H,1-5H3,(H,12,13);3H,1-2H3/q+1;;;. The molecule has 12 nitrogen and oxygen atoms in total. The fourth-order valence-corrected chi connectivity index (χ4v) is 5.60. The second-order valence-corrected chi connectivity index (χ2v) is 21.0. The smallest absolute Gasteiger partial charge is 0.399 e. The van der Waals surface area contributed by atoms with E-state index in [1.807, 2.05) is 84.1 Å². The zero-order chi connectivity index (χ0) is 42.3. The molecule has 16 heteroatoms. The second kappa shape index (κ2) is 17.2. The molecular formula is C39H69B3IN6O6+. The Morgan fingerprint density at radius 3 is 1.36 bits per heavy atom. The van der Waals surface area contributed by atoms with E-state index in [0.29, 0.717) is 12.1 Å². The highest BCUT2D eigenvalue weighted by atomic mass is 127. The number of aromatic nitrogens is 4. The van der Waals surface area contributed by atoms with Crippen molar-refractivity contribution in [3.8, 4) is 0 Å². The van der Waals surface area contributed by atoms with Crippen molar-refractivity contribution in [2.45, 2.75) is 188 Å². The molecule has 306 valence electrons. The molecule has 0 bridgehead atoms. The molecule has 0 saturated carbocycles. The molecular weight excluding hydrogens is 808 g/mol. The summed E-state index contributed by atoms with van der Waals surface area (Å²) in [4.78, 5) is 0. The third-order valence-corrected chi connectivity index (χ3v) is 11.3. The number of hydrogen-bond donors (Lipinski definition) is 1. The van der Waals surface area contributed by atoms with Crippen LogP contribution in [0.4, 0.5) is 0 Å². The molecule has 0 amide bonds. The summed E-state index contributed by atoms with van der Waals surface area (Å²) in [7, 11) is -1.01. The van der Waals surface area contributed by atoms with Crippen LogP contribution in [-0.4, -0.2) is 89.6 Å². The fourth-order valence-electron chi connectivity index (χ4n) is 5.60. The molecule has 2 aromatic heterocycles. The maximum Gasteiger partial charge on any atom is 0.503 e. The van der Waals surface area contributed by atoms with Gasteiger partial charge in [0.15, 0.2) is 12.2 Å². The van der Waals surface area contributed by atoms with Crippen LogP contribution in [0.5, 0.6) is 0 Å². The Balaban J connectivity index is 0.000000212. The van der Waals surface area contributed by atoms with E-state index in [-0.39, 0.29) is 55.0 Å². The SMILES string of the molecule is C=C1N=[N+](C(C)C)C=C1B1OC(C)(C)C(C)(C)O1.CC(C)I.Cc1[nH]ncc1B1OC(C)(C)C(C)(C)O1.Cc1c(B2OC(C)(C)C(C)(C)O2)cnn1C(C)C. The molecule has 0 aliphatic carbocycles. The number of allylic oxidation sites excluding steroid dienone is 1. The first-order valence-corrected chi connectivity index (χ1v) is 20.8. The van der Waals surface area contributed by atoms with Crippen LogP contribution in [0.25, 0.3) is 0 Å². The first kappa shape index (κ1) is 47.6. The van der Waals surface area contributed by atoms with Crippen molar-refractivity contribution < 1.29 is 32.6 Å². The molecule has 4 aliphatic rings. The summed E-state index contributed by atoms with van der Waals surface area (Å²) in [5.41, 5.74) is 3.92. The number of hydrogen-bond acceptors (Lipinski definition) is 9. The minimum atomic E-state index is -0.380. The van der Waals surface area contributed by atoms with E-state index in [0.717, 1.165) is 37.4 Å². The summed E-state index contributed by atoms with van der Waals surface area (Å²) in [6, 6.07) is 0.655. The van der Waals surface area contributed by atoms with Gasteiger partial charge in [-0.2, -0.15) is 10.2 Å². The van der Waals surface area contributed by atoms with Crippen LogP contribution in [-0.2, 0) is 27.9 Å². The van der Waals surface area contributed by atoms with Crippen LogP contribution in [0, 0.1) is 13.8 Å². The van der Waals surface area contributed by atoms with Gasteiger partial charge in [0.2, 0.25) is 0 Å². The van der Waals surface area contributed by atoms with Crippen molar-refractivity contribution in [2.75, 3.05) is 0 Å². The van der Waals surface area contributed by atoms with Gasteiger partial charge in [-0.3, -0.25) is 9.78 Å². The molecule has 3 saturated heterocycles.